The summed E-state index contributed by atoms with van der Waals surface area (Å²) in [5.41, 5.74) is 0. The molecule has 0 aliphatic rings. The molecule has 100 valence electrons. The molecule has 0 atom stereocenters. The fourth-order valence-electron chi connectivity index (χ4n) is 0.931. The first-order valence-corrected chi connectivity index (χ1v) is 5.48. The van der Waals surface area contributed by atoms with Gasteiger partial charge in [0.05, 0.1) is 13.0 Å². The second kappa shape index (κ2) is 5.76. The lowest BCUT2D eigenvalue weighted by atomic mass is 10.3. The van der Waals surface area contributed by atoms with Crippen molar-refractivity contribution in [3.8, 4) is 0 Å². The number of hydrogen-bond donors (Lipinski definition) is 2. The number of hydrogen-bond acceptors (Lipinski definition) is 5. The molecule has 10 heteroatoms. The van der Waals surface area contributed by atoms with Gasteiger partial charge in [0.15, 0.2) is 0 Å². The number of amides is 1. The van der Waals surface area contributed by atoms with Crippen LogP contribution in [0.15, 0.2) is 0 Å². The quantitative estimate of drug-likeness (QED) is 0.831. The number of carbonyl (C=O) groups excluding carboxylic acids is 1. The van der Waals surface area contributed by atoms with E-state index < -0.39 is 18.1 Å². The average molecular weight is 283 g/mol. The molecule has 1 rings (SSSR count). The van der Waals surface area contributed by atoms with Crippen LogP contribution < -0.4 is 5.32 Å². The predicted octanol–water partition coefficient (Wildman–Crippen LogP) is 0.734. The van der Waals surface area contributed by atoms with Crippen molar-refractivity contribution >= 4 is 23.2 Å². The van der Waals surface area contributed by atoms with Crippen LogP contribution in [0.3, 0.4) is 0 Å². The van der Waals surface area contributed by atoms with Crippen molar-refractivity contribution in [2.75, 3.05) is 0 Å². The first-order chi connectivity index (χ1) is 8.29. The molecule has 18 heavy (non-hydrogen) atoms. The number of rotatable bonds is 5. The van der Waals surface area contributed by atoms with Crippen LogP contribution in [0.5, 0.6) is 0 Å². The zero-order chi connectivity index (χ0) is 13.8. The SMILES string of the molecule is O=C(O)CCc1nnc(CNC(=O)C(F)(F)F)s1. The molecule has 1 aromatic heterocycles. The Labute approximate surface area is 103 Å². The topological polar surface area (TPSA) is 92.2 Å². The van der Waals surface area contributed by atoms with Gasteiger partial charge in [-0.1, -0.05) is 11.3 Å². The lowest BCUT2D eigenvalue weighted by molar-refractivity contribution is -0.173. The van der Waals surface area contributed by atoms with Crippen LogP contribution in [-0.2, 0) is 22.6 Å². The van der Waals surface area contributed by atoms with Gasteiger partial charge in [0, 0.05) is 6.42 Å². The maximum absolute atomic E-state index is 11.9. The lowest BCUT2D eigenvalue weighted by Crippen LogP contribution is -2.36. The summed E-state index contributed by atoms with van der Waals surface area (Å²) in [5.74, 6) is -3.05. The van der Waals surface area contributed by atoms with E-state index in [1.165, 1.54) is 0 Å². The van der Waals surface area contributed by atoms with Crippen LogP contribution in [0.2, 0.25) is 0 Å². The zero-order valence-electron chi connectivity index (χ0n) is 8.82. The van der Waals surface area contributed by atoms with E-state index in [2.05, 4.69) is 10.2 Å². The normalized spacial score (nSPS) is 11.3. The number of aliphatic carboxylic acids is 1. The van der Waals surface area contributed by atoms with Crippen molar-refractivity contribution in [2.45, 2.75) is 25.6 Å². The molecule has 0 bridgehead atoms. The summed E-state index contributed by atoms with van der Waals surface area (Å²) in [6.45, 7) is -0.386. The second-order valence-electron chi connectivity index (χ2n) is 3.16. The number of carboxylic acids is 1. The van der Waals surface area contributed by atoms with Gasteiger partial charge in [-0.3, -0.25) is 9.59 Å². The third-order valence-corrected chi connectivity index (χ3v) is 2.70. The molecule has 0 spiro atoms. The second-order valence-corrected chi connectivity index (χ2v) is 4.31. The molecule has 0 saturated heterocycles. The predicted molar refractivity (Wildman–Crippen MR) is 53.8 cm³/mol. The van der Waals surface area contributed by atoms with Gasteiger partial charge >= 0.3 is 18.1 Å². The minimum absolute atomic E-state index is 0.135. The molecule has 0 saturated carbocycles. The third-order valence-electron chi connectivity index (χ3n) is 1.72. The van der Waals surface area contributed by atoms with Gasteiger partial charge in [0.1, 0.15) is 10.0 Å². The number of nitrogens with zero attached hydrogens (tertiary/aromatic N) is 2. The zero-order valence-corrected chi connectivity index (χ0v) is 9.64. The fourth-order valence-corrected chi connectivity index (χ4v) is 1.71. The summed E-state index contributed by atoms with van der Waals surface area (Å²) < 4.78 is 35.6. The number of alkyl halides is 3. The third kappa shape index (κ3) is 4.65. The van der Waals surface area contributed by atoms with Crippen molar-refractivity contribution in [1.29, 1.82) is 0 Å². The lowest BCUT2D eigenvalue weighted by Gasteiger charge is -2.05. The number of nitrogens with one attached hydrogen (secondary N) is 1. The van der Waals surface area contributed by atoms with Gasteiger partial charge in [0.2, 0.25) is 0 Å². The molecule has 0 aliphatic carbocycles. The number of halogens is 3. The average Bonchev–Trinajstić information content (AvgIpc) is 2.69. The molecule has 1 amide bonds. The van der Waals surface area contributed by atoms with E-state index in [1.54, 1.807) is 5.32 Å². The van der Waals surface area contributed by atoms with Crippen LogP contribution in [0.4, 0.5) is 13.2 Å². The molecular formula is C8H8F3N3O3S. The Morgan fingerprint density at radius 2 is 1.89 bits per heavy atom. The minimum atomic E-state index is -4.93. The largest absolute Gasteiger partial charge is 0.481 e. The van der Waals surface area contributed by atoms with Crippen molar-refractivity contribution in [1.82, 2.24) is 15.5 Å². The van der Waals surface area contributed by atoms with Gasteiger partial charge in [-0.25, -0.2) is 0 Å². The summed E-state index contributed by atoms with van der Waals surface area (Å²) in [6.07, 6.45) is -4.92. The molecule has 6 nitrogen and oxygen atoms in total. The highest BCUT2D eigenvalue weighted by Gasteiger charge is 2.38. The molecule has 1 heterocycles. The first-order valence-electron chi connectivity index (χ1n) is 4.67. The minimum Gasteiger partial charge on any atom is -0.481 e. The van der Waals surface area contributed by atoms with Crippen molar-refractivity contribution in [3.05, 3.63) is 10.0 Å². The van der Waals surface area contributed by atoms with Crippen LogP contribution in [0.25, 0.3) is 0 Å². The molecule has 0 unspecified atom stereocenters. The Morgan fingerprint density at radius 1 is 1.28 bits per heavy atom. The number of aromatic nitrogens is 2. The van der Waals surface area contributed by atoms with Gasteiger partial charge in [-0.2, -0.15) is 13.2 Å². The number of aryl methyl sites for hydroxylation is 1. The summed E-state index contributed by atoms with van der Waals surface area (Å²) >= 11 is 0.960. The van der Waals surface area contributed by atoms with E-state index in [0.29, 0.717) is 5.01 Å². The molecule has 1 aromatic rings. The van der Waals surface area contributed by atoms with E-state index in [0.717, 1.165) is 11.3 Å². The van der Waals surface area contributed by atoms with E-state index >= 15 is 0 Å². The summed E-state index contributed by atoms with van der Waals surface area (Å²) in [4.78, 5) is 20.8. The molecule has 2 N–H and O–H groups in total. The maximum atomic E-state index is 11.9. The number of carbonyl (C=O) groups is 2. The monoisotopic (exact) mass is 283 g/mol. The molecule has 0 radical (unpaired) electrons. The van der Waals surface area contributed by atoms with E-state index in [-0.39, 0.29) is 24.4 Å². The first kappa shape index (κ1) is 14.4. The Morgan fingerprint density at radius 3 is 2.44 bits per heavy atom. The highest BCUT2D eigenvalue weighted by Crippen LogP contribution is 2.15. The molecular weight excluding hydrogens is 275 g/mol. The van der Waals surface area contributed by atoms with Crippen molar-refractivity contribution in [2.24, 2.45) is 0 Å². The van der Waals surface area contributed by atoms with E-state index in [4.69, 9.17) is 5.11 Å². The highest BCUT2D eigenvalue weighted by molar-refractivity contribution is 7.11. The van der Waals surface area contributed by atoms with E-state index in [9.17, 15) is 22.8 Å². The summed E-state index contributed by atoms with van der Waals surface area (Å²) in [7, 11) is 0. The van der Waals surface area contributed by atoms with E-state index in [1.807, 2.05) is 0 Å². The molecule has 0 aromatic carbocycles. The van der Waals surface area contributed by atoms with Gasteiger partial charge in [0.25, 0.3) is 0 Å². The van der Waals surface area contributed by atoms with Crippen LogP contribution in [0.1, 0.15) is 16.4 Å². The fraction of sp³-hybridized carbons (Fsp3) is 0.500. The van der Waals surface area contributed by atoms with Gasteiger partial charge in [-0.15, -0.1) is 10.2 Å². The Balaban J connectivity index is 2.45. The van der Waals surface area contributed by atoms with Crippen LogP contribution in [0, 0.1) is 0 Å². The Kier molecular flexibility index (Phi) is 4.59. The summed E-state index contributed by atoms with van der Waals surface area (Å²) in [5, 5.41) is 17.8. The maximum Gasteiger partial charge on any atom is 0.471 e. The van der Waals surface area contributed by atoms with Crippen LogP contribution in [-0.4, -0.2) is 33.4 Å². The van der Waals surface area contributed by atoms with Gasteiger partial charge < -0.3 is 10.4 Å². The Hall–Kier alpha value is -1.71. The van der Waals surface area contributed by atoms with Crippen LogP contribution >= 0.6 is 11.3 Å². The summed E-state index contributed by atoms with van der Waals surface area (Å²) in [6, 6.07) is 0. The highest BCUT2D eigenvalue weighted by atomic mass is 32.1. The number of carboxylic acid groups (broad SMARTS) is 1. The Bertz CT molecular complexity index is 446. The van der Waals surface area contributed by atoms with Crippen molar-refractivity contribution < 1.29 is 27.9 Å². The molecule has 0 aliphatic heterocycles. The standard InChI is InChI=1S/C8H8F3N3O3S/c9-8(10,11)7(17)12-3-5-14-13-4(18-5)1-2-6(15)16/h1-3H2,(H,12,17)(H,15,16). The van der Waals surface area contributed by atoms with Gasteiger partial charge in [-0.05, 0) is 0 Å². The smallest absolute Gasteiger partial charge is 0.471 e. The molecule has 0 fully saturated rings. The van der Waals surface area contributed by atoms with Crippen molar-refractivity contribution in [3.63, 3.8) is 0 Å².